The van der Waals surface area contributed by atoms with Crippen LogP contribution in [0, 0.1) is 6.92 Å². The van der Waals surface area contributed by atoms with Gasteiger partial charge in [-0.15, -0.1) is 0 Å². The molecule has 3 rings (SSSR count). The van der Waals surface area contributed by atoms with Crippen molar-refractivity contribution in [2.75, 3.05) is 0 Å². The summed E-state index contributed by atoms with van der Waals surface area (Å²) in [5, 5.41) is 4.72. The topological polar surface area (TPSA) is 30.2 Å². The second-order valence-corrected chi connectivity index (χ2v) is 5.90. The van der Waals surface area contributed by atoms with E-state index in [-0.39, 0.29) is 5.54 Å². The van der Waals surface area contributed by atoms with Crippen LogP contribution in [0.4, 0.5) is 5.82 Å². The van der Waals surface area contributed by atoms with Crippen molar-refractivity contribution in [2.45, 2.75) is 39.7 Å². The molecular formula is C16H19N3. The fourth-order valence-corrected chi connectivity index (χ4v) is 2.90. The maximum atomic E-state index is 4.76. The molecule has 0 saturated heterocycles. The first-order valence-electron chi connectivity index (χ1n) is 6.69. The van der Waals surface area contributed by atoms with E-state index in [1.165, 1.54) is 11.3 Å². The number of fused-ring (bicyclic) bond motifs is 1. The highest BCUT2D eigenvalue weighted by Gasteiger charge is 2.31. The van der Waals surface area contributed by atoms with E-state index >= 15 is 0 Å². The first-order chi connectivity index (χ1) is 8.99. The van der Waals surface area contributed by atoms with Gasteiger partial charge in [0.05, 0.1) is 11.2 Å². The van der Waals surface area contributed by atoms with Crippen LogP contribution in [0.5, 0.6) is 0 Å². The lowest BCUT2D eigenvalue weighted by Gasteiger charge is -2.30. The number of hydrogen-bond acceptors (Lipinski definition) is 2. The van der Waals surface area contributed by atoms with Crippen molar-refractivity contribution in [1.82, 2.24) is 9.78 Å². The Morgan fingerprint density at radius 2 is 1.79 bits per heavy atom. The Bertz CT molecular complexity index is 648. The van der Waals surface area contributed by atoms with Gasteiger partial charge in [-0.1, -0.05) is 30.3 Å². The van der Waals surface area contributed by atoms with Crippen LogP contribution in [-0.2, 0) is 5.54 Å². The van der Waals surface area contributed by atoms with Crippen LogP contribution in [0.1, 0.15) is 32.9 Å². The summed E-state index contributed by atoms with van der Waals surface area (Å²) >= 11 is 0. The Hall–Kier alpha value is -1.90. The normalized spacial score (nSPS) is 16.9. The summed E-state index contributed by atoms with van der Waals surface area (Å²) in [5.41, 5.74) is 4.57. The van der Waals surface area contributed by atoms with Crippen LogP contribution in [0.3, 0.4) is 0 Å². The van der Waals surface area contributed by atoms with Crippen LogP contribution >= 0.6 is 0 Å². The average molecular weight is 253 g/mol. The van der Waals surface area contributed by atoms with Gasteiger partial charge in [0.1, 0.15) is 0 Å². The summed E-state index contributed by atoms with van der Waals surface area (Å²) in [7, 11) is 0. The van der Waals surface area contributed by atoms with Gasteiger partial charge >= 0.3 is 0 Å². The fraction of sp³-hybridized carbons (Fsp3) is 0.375. The Balaban J connectivity index is 2.28. The number of nitrogens with zero attached hydrogens (tertiary/aromatic N) is 3. The molecule has 0 radical (unpaired) electrons. The monoisotopic (exact) mass is 253 g/mol. The highest BCUT2D eigenvalue weighted by Crippen LogP contribution is 2.40. The zero-order valence-electron chi connectivity index (χ0n) is 11.9. The number of hydrogen-bond donors (Lipinski definition) is 0. The molecule has 0 aliphatic carbocycles. The van der Waals surface area contributed by atoms with Crippen molar-refractivity contribution < 1.29 is 0 Å². The molecule has 0 bridgehead atoms. The van der Waals surface area contributed by atoms with Crippen molar-refractivity contribution in [1.29, 1.82) is 0 Å². The smallest absolute Gasteiger partial charge is 0.159 e. The average Bonchev–Trinajstić information content (AvgIpc) is 2.67. The van der Waals surface area contributed by atoms with Gasteiger partial charge < -0.3 is 0 Å². The molecule has 0 amide bonds. The summed E-state index contributed by atoms with van der Waals surface area (Å²) in [6.07, 6.45) is 0.954. The molecule has 19 heavy (non-hydrogen) atoms. The third-order valence-electron chi connectivity index (χ3n) is 3.66. The maximum absolute atomic E-state index is 4.76. The van der Waals surface area contributed by atoms with E-state index in [2.05, 4.69) is 56.6 Å². The quantitative estimate of drug-likeness (QED) is 0.752. The van der Waals surface area contributed by atoms with Gasteiger partial charge in [-0.05, 0) is 33.3 Å². The van der Waals surface area contributed by atoms with Gasteiger partial charge in [-0.25, -0.2) is 9.67 Å². The third kappa shape index (κ3) is 1.89. The highest BCUT2D eigenvalue weighted by molar-refractivity contribution is 5.90. The lowest BCUT2D eigenvalue weighted by atomic mass is 9.95. The van der Waals surface area contributed by atoms with Crippen molar-refractivity contribution in [3.8, 4) is 11.1 Å². The van der Waals surface area contributed by atoms with Gasteiger partial charge in [-0.2, -0.15) is 5.10 Å². The van der Waals surface area contributed by atoms with Gasteiger partial charge in [0.15, 0.2) is 5.82 Å². The number of aromatic nitrogens is 2. The second kappa shape index (κ2) is 4.05. The zero-order valence-corrected chi connectivity index (χ0v) is 11.9. The lowest BCUT2D eigenvalue weighted by molar-refractivity contribution is 0.327. The van der Waals surface area contributed by atoms with E-state index < -0.39 is 0 Å². The van der Waals surface area contributed by atoms with E-state index in [4.69, 9.17) is 10.1 Å². The maximum Gasteiger partial charge on any atom is 0.159 e. The molecule has 1 aliphatic rings. The summed E-state index contributed by atoms with van der Waals surface area (Å²) in [6, 6.07) is 10.4. The predicted octanol–water partition coefficient (Wildman–Crippen LogP) is 4.09. The first-order valence-corrected chi connectivity index (χ1v) is 6.69. The van der Waals surface area contributed by atoms with E-state index in [9.17, 15) is 0 Å². The van der Waals surface area contributed by atoms with E-state index in [0.717, 1.165) is 23.5 Å². The van der Waals surface area contributed by atoms with Crippen LogP contribution in [0.2, 0.25) is 0 Å². The Kier molecular flexibility index (Phi) is 2.59. The molecule has 1 aliphatic heterocycles. The molecule has 2 heterocycles. The second-order valence-electron chi connectivity index (χ2n) is 5.90. The van der Waals surface area contributed by atoms with Crippen LogP contribution < -0.4 is 0 Å². The van der Waals surface area contributed by atoms with Crippen LogP contribution in [0.15, 0.2) is 35.3 Å². The molecule has 0 spiro atoms. The Morgan fingerprint density at radius 3 is 2.47 bits per heavy atom. The number of aliphatic imine (C=N–C) groups is 1. The largest absolute Gasteiger partial charge is 0.241 e. The molecule has 0 unspecified atom stereocenters. The standard InChI is InChI=1S/C16H19N3/c1-11-10-16(3,4)19-15(17-11)14(12(2)18-19)13-8-6-5-7-9-13/h5-9H,10H2,1-4H3. The van der Waals surface area contributed by atoms with Crippen molar-refractivity contribution in [3.05, 3.63) is 36.0 Å². The molecule has 3 heteroatoms. The molecule has 0 saturated carbocycles. The van der Waals surface area contributed by atoms with Crippen LogP contribution in [0.25, 0.3) is 11.1 Å². The van der Waals surface area contributed by atoms with Crippen LogP contribution in [-0.4, -0.2) is 15.5 Å². The van der Waals surface area contributed by atoms with E-state index in [0.29, 0.717) is 0 Å². The Morgan fingerprint density at radius 1 is 1.11 bits per heavy atom. The van der Waals surface area contributed by atoms with Crippen molar-refractivity contribution in [3.63, 3.8) is 0 Å². The molecular weight excluding hydrogens is 234 g/mol. The predicted molar refractivity (Wildman–Crippen MR) is 79.1 cm³/mol. The van der Waals surface area contributed by atoms with E-state index in [1.807, 2.05) is 6.07 Å². The summed E-state index contributed by atoms with van der Waals surface area (Å²) in [5.74, 6) is 0.998. The summed E-state index contributed by atoms with van der Waals surface area (Å²) in [6.45, 7) is 8.60. The summed E-state index contributed by atoms with van der Waals surface area (Å²) in [4.78, 5) is 4.76. The lowest BCUT2D eigenvalue weighted by Crippen LogP contribution is -2.32. The molecule has 1 aromatic heterocycles. The minimum Gasteiger partial charge on any atom is -0.241 e. The molecule has 0 N–H and O–H groups in total. The molecule has 98 valence electrons. The fourth-order valence-electron chi connectivity index (χ4n) is 2.90. The molecule has 2 aromatic rings. The summed E-state index contributed by atoms with van der Waals surface area (Å²) < 4.78 is 2.08. The minimum absolute atomic E-state index is 0.00103. The number of rotatable bonds is 1. The first kappa shape index (κ1) is 12.2. The van der Waals surface area contributed by atoms with Crippen molar-refractivity contribution in [2.24, 2.45) is 4.99 Å². The highest BCUT2D eigenvalue weighted by atomic mass is 15.4. The molecule has 0 atom stereocenters. The van der Waals surface area contributed by atoms with Crippen molar-refractivity contribution >= 4 is 11.5 Å². The number of benzene rings is 1. The SMILES string of the molecule is CC1=Nc2c(-c3ccccc3)c(C)nn2C(C)(C)C1. The molecule has 1 aromatic carbocycles. The van der Waals surface area contributed by atoms with Gasteiger partial charge in [0.2, 0.25) is 0 Å². The minimum atomic E-state index is -0.00103. The van der Waals surface area contributed by atoms with Gasteiger partial charge in [0, 0.05) is 17.7 Å². The van der Waals surface area contributed by atoms with E-state index in [1.54, 1.807) is 0 Å². The molecule has 0 fully saturated rings. The molecule has 3 nitrogen and oxygen atoms in total. The Labute approximate surface area is 114 Å². The van der Waals surface area contributed by atoms with Gasteiger partial charge in [-0.3, -0.25) is 0 Å². The zero-order chi connectivity index (χ0) is 13.6. The third-order valence-corrected chi connectivity index (χ3v) is 3.66. The number of aryl methyl sites for hydroxylation is 1. The van der Waals surface area contributed by atoms with Gasteiger partial charge in [0.25, 0.3) is 0 Å².